The van der Waals surface area contributed by atoms with Crippen LogP contribution in [0.25, 0.3) is 0 Å². The van der Waals surface area contributed by atoms with Crippen molar-refractivity contribution < 1.29 is 13.2 Å². The van der Waals surface area contributed by atoms with Crippen molar-refractivity contribution in [3.63, 3.8) is 0 Å². The van der Waals surface area contributed by atoms with Crippen molar-refractivity contribution in [2.75, 3.05) is 23.7 Å². The molecule has 5 nitrogen and oxygen atoms in total. The van der Waals surface area contributed by atoms with E-state index in [1.165, 1.54) is 4.31 Å². The molecule has 0 spiro atoms. The third-order valence-corrected chi connectivity index (χ3v) is 6.33. The topological polar surface area (TPSA) is 66.5 Å². The summed E-state index contributed by atoms with van der Waals surface area (Å²) < 4.78 is 25.5. The molecule has 1 atom stereocenters. The van der Waals surface area contributed by atoms with Crippen LogP contribution in [-0.4, -0.2) is 33.7 Å². The largest absolute Gasteiger partial charge is 0.356 e. The molecule has 1 amide bonds. The fourth-order valence-corrected chi connectivity index (χ4v) is 4.21. The predicted octanol–water partition coefficient (Wildman–Crippen LogP) is 4.46. The molecule has 2 aromatic rings. The smallest absolute Gasteiger partial charge is 0.232 e. The maximum Gasteiger partial charge on any atom is 0.232 e. The Labute approximate surface area is 176 Å². The molecule has 0 aromatic heterocycles. The summed E-state index contributed by atoms with van der Waals surface area (Å²) >= 11 is 12.2. The zero-order valence-electron chi connectivity index (χ0n) is 15.9. The van der Waals surface area contributed by atoms with E-state index in [0.29, 0.717) is 18.7 Å². The molecule has 0 unspecified atom stereocenters. The van der Waals surface area contributed by atoms with Crippen LogP contribution < -0.4 is 9.62 Å². The Bertz CT molecular complexity index is 905. The van der Waals surface area contributed by atoms with Crippen LogP contribution in [0.15, 0.2) is 48.5 Å². The SMILES string of the molecule is C[C@@H](CNC(=O)CCCN(c1cccc(Cl)c1Cl)S(C)(=O)=O)c1ccccc1. The lowest BCUT2D eigenvalue weighted by Crippen LogP contribution is -2.33. The zero-order chi connectivity index (χ0) is 20.7. The van der Waals surface area contributed by atoms with Crippen LogP contribution in [-0.2, 0) is 14.8 Å². The van der Waals surface area contributed by atoms with Crippen LogP contribution in [0, 0.1) is 0 Å². The number of carbonyl (C=O) groups excluding carboxylic acids is 1. The second-order valence-electron chi connectivity index (χ2n) is 6.63. The first-order valence-corrected chi connectivity index (χ1v) is 11.5. The summed E-state index contributed by atoms with van der Waals surface area (Å²) in [5.74, 6) is 0.0800. The van der Waals surface area contributed by atoms with Crippen LogP contribution in [0.1, 0.15) is 31.2 Å². The lowest BCUT2D eigenvalue weighted by Gasteiger charge is -2.23. The summed E-state index contributed by atoms with van der Waals surface area (Å²) in [5.41, 5.74) is 1.47. The predicted molar refractivity (Wildman–Crippen MR) is 116 cm³/mol. The van der Waals surface area contributed by atoms with Crippen molar-refractivity contribution in [2.24, 2.45) is 0 Å². The van der Waals surface area contributed by atoms with Gasteiger partial charge in [0.2, 0.25) is 15.9 Å². The van der Waals surface area contributed by atoms with Gasteiger partial charge in [-0.05, 0) is 30.0 Å². The van der Waals surface area contributed by atoms with Crippen molar-refractivity contribution in [2.45, 2.75) is 25.7 Å². The molecule has 2 rings (SSSR count). The summed E-state index contributed by atoms with van der Waals surface area (Å²) in [6.45, 7) is 2.71. The summed E-state index contributed by atoms with van der Waals surface area (Å²) in [4.78, 5) is 12.1. The molecule has 0 saturated carbocycles. The van der Waals surface area contributed by atoms with Crippen LogP contribution >= 0.6 is 23.2 Å². The molecule has 0 bridgehead atoms. The van der Waals surface area contributed by atoms with Crippen molar-refractivity contribution in [3.05, 3.63) is 64.1 Å². The van der Waals surface area contributed by atoms with Crippen molar-refractivity contribution in [3.8, 4) is 0 Å². The average molecular weight is 443 g/mol. The van der Waals surface area contributed by atoms with Gasteiger partial charge in [0.15, 0.2) is 0 Å². The number of nitrogens with zero attached hydrogens (tertiary/aromatic N) is 1. The Kier molecular flexibility index (Phi) is 8.16. The van der Waals surface area contributed by atoms with Gasteiger partial charge in [-0.1, -0.05) is 66.5 Å². The Balaban J connectivity index is 1.90. The van der Waals surface area contributed by atoms with Crippen LogP contribution in [0.4, 0.5) is 5.69 Å². The van der Waals surface area contributed by atoms with Crippen molar-refractivity contribution in [1.82, 2.24) is 5.32 Å². The second kappa shape index (κ2) is 10.1. The number of benzene rings is 2. The molecule has 152 valence electrons. The van der Waals surface area contributed by atoms with Gasteiger partial charge >= 0.3 is 0 Å². The first kappa shape index (κ1) is 22.5. The fraction of sp³-hybridized carbons (Fsp3) is 0.350. The van der Waals surface area contributed by atoms with Crippen LogP contribution in [0.3, 0.4) is 0 Å². The highest BCUT2D eigenvalue weighted by molar-refractivity contribution is 7.92. The van der Waals surface area contributed by atoms with E-state index in [-0.39, 0.29) is 34.8 Å². The quantitative estimate of drug-likeness (QED) is 0.623. The molecule has 0 heterocycles. The number of nitrogens with one attached hydrogen (secondary N) is 1. The number of halogens is 2. The van der Waals surface area contributed by atoms with E-state index in [1.807, 2.05) is 37.3 Å². The number of sulfonamides is 1. The van der Waals surface area contributed by atoms with E-state index < -0.39 is 10.0 Å². The van der Waals surface area contributed by atoms with E-state index in [4.69, 9.17) is 23.2 Å². The standard InChI is InChI=1S/C20H24Cl2N2O3S/c1-15(16-8-4-3-5-9-16)14-23-19(25)12-7-13-24(28(2,26)27)18-11-6-10-17(21)20(18)22/h3-6,8-11,15H,7,12-14H2,1-2H3,(H,23,25)/t15-/m0/s1. The third kappa shape index (κ3) is 6.40. The molecule has 0 fully saturated rings. The summed E-state index contributed by atoms with van der Waals surface area (Å²) in [7, 11) is -3.56. The Morgan fingerprint density at radius 3 is 2.43 bits per heavy atom. The summed E-state index contributed by atoms with van der Waals surface area (Å²) in [6.07, 6.45) is 1.68. The first-order valence-electron chi connectivity index (χ1n) is 8.93. The Hall–Kier alpha value is -1.76. The van der Waals surface area contributed by atoms with E-state index >= 15 is 0 Å². The Morgan fingerprint density at radius 2 is 1.79 bits per heavy atom. The molecule has 0 aliphatic rings. The molecule has 1 N–H and O–H groups in total. The van der Waals surface area contributed by atoms with E-state index in [9.17, 15) is 13.2 Å². The van der Waals surface area contributed by atoms with Gasteiger partial charge in [-0.2, -0.15) is 0 Å². The van der Waals surface area contributed by atoms with E-state index in [0.717, 1.165) is 11.8 Å². The van der Waals surface area contributed by atoms with Crippen molar-refractivity contribution in [1.29, 1.82) is 0 Å². The number of amides is 1. The zero-order valence-corrected chi connectivity index (χ0v) is 18.2. The monoisotopic (exact) mass is 442 g/mol. The van der Waals surface area contributed by atoms with Gasteiger partial charge in [0.05, 0.1) is 22.0 Å². The number of rotatable bonds is 9. The maximum atomic E-state index is 12.2. The van der Waals surface area contributed by atoms with Crippen LogP contribution in [0.5, 0.6) is 0 Å². The normalized spacial score (nSPS) is 12.4. The summed E-state index contributed by atoms with van der Waals surface area (Å²) in [5, 5.41) is 3.35. The lowest BCUT2D eigenvalue weighted by molar-refractivity contribution is -0.121. The molecule has 0 aliphatic heterocycles. The van der Waals surface area contributed by atoms with E-state index in [1.54, 1.807) is 18.2 Å². The molecule has 0 saturated heterocycles. The van der Waals surface area contributed by atoms with Gasteiger partial charge in [-0.3, -0.25) is 9.10 Å². The number of anilines is 1. The molecular formula is C20H24Cl2N2O3S. The molecule has 0 aliphatic carbocycles. The third-order valence-electron chi connectivity index (χ3n) is 4.34. The summed E-state index contributed by atoms with van der Waals surface area (Å²) in [6, 6.07) is 14.8. The first-order chi connectivity index (χ1) is 13.2. The lowest BCUT2D eigenvalue weighted by atomic mass is 10.0. The van der Waals surface area contributed by atoms with Gasteiger partial charge in [0, 0.05) is 19.5 Å². The van der Waals surface area contributed by atoms with Gasteiger partial charge < -0.3 is 5.32 Å². The Morgan fingerprint density at radius 1 is 1.11 bits per heavy atom. The molecular weight excluding hydrogens is 419 g/mol. The number of carbonyl (C=O) groups is 1. The minimum atomic E-state index is -3.56. The van der Waals surface area contributed by atoms with Gasteiger partial charge in [-0.15, -0.1) is 0 Å². The van der Waals surface area contributed by atoms with Gasteiger partial charge in [-0.25, -0.2) is 8.42 Å². The minimum Gasteiger partial charge on any atom is -0.356 e. The van der Waals surface area contributed by atoms with Gasteiger partial charge in [0.25, 0.3) is 0 Å². The maximum absolute atomic E-state index is 12.2. The highest BCUT2D eigenvalue weighted by Crippen LogP contribution is 2.33. The highest BCUT2D eigenvalue weighted by Gasteiger charge is 2.21. The molecule has 0 radical (unpaired) electrons. The van der Waals surface area contributed by atoms with E-state index in [2.05, 4.69) is 5.32 Å². The highest BCUT2D eigenvalue weighted by atomic mass is 35.5. The average Bonchev–Trinajstić information content (AvgIpc) is 2.65. The molecule has 8 heteroatoms. The van der Waals surface area contributed by atoms with Crippen molar-refractivity contribution >= 4 is 44.8 Å². The molecule has 2 aromatic carbocycles. The number of hydrogen-bond acceptors (Lipinski definition) is 3. The van der Waals surface area contributed by atoms with Gasteiger partial charge in [0.1, 0.15) is 0 Å². The fourth-order valence-electron chi connectivity index (χ4n) is 2.79. The molecule has 28 heavy (non-hydrogen) atoms. The second-order valence-corrected chi connectivity index (χ2v) is 9.32. The van der Waals surface area contributed by atoms with Crippen LogP contribution in [0.2, 0.25) is 10.0 Å². The minimum absolute atomic E-state index is 0.117. The number of hydrogen-bond donors (Lipinski definition) is 1.